The number of aromatic nitrogens is 1. The predicted molar refractivity (Wildman–Crippen MR) is 111 cm³/mol. The maximum Gasteiger partial charge on any atom is 0.233 e. The van der Waals surface area contributed by atoms with Crippen LogP contribution < -0.4 is 0 Å². The second-order valence-corrected chi connectivity index (χ2v) is 7.75. The summed E-state index contributed by atoms with van der Waals surface area (Å²) in [5, 5.41) is 3.51. The van der Waals surface area contributed by atoms with E-state index < -0.39 is 0 Å². The minimum absolute atomic E-state index is 0.204. The molecule has 138 valence electrons. The van der Waals surface area contributed by atoms with Gasteiger partial charge in [0.05, 0.1) is 10.8 Å². The van der Waals surface area contributed by atoms with E-state index in [9.17, 15) is 4.79 Å². The van der Waals surface area contributed by atoms with Gasteiger partial charge in [-0.3, -0.25) is 9.69 Å². The quantitative estimate of drug-likeness (QED) is 0.636. The van der Waals surface area contributed by atoms with Gasteiger partial charge in [-0.25, -0.2) is 4.98 Å². The van der Waals surface area contributed by atoms with Gasteiger partial charge in [0.25, 0.3) is 0 Å². The Morgan fingerprint density at radius 3 is 2.52 bits per heavy atom. The van der Waals surface area contributed by atoms with Gasteiger partial charge in [0.15, 0.2) is 0 Å². The molecule has 1 saturated heterocycles. The number of carbonyl (C=O) groups excluding carboxylic acids is 1. The molecule has 0 unspecified atom stereocenters. The maximum atomic E-state index is 12.5. The summed E-state index contributed by atoms with van der Waals surface area (Å²) in [6.07, 6.45) is 1.76. The minimum atomic E-state index is 0.204. The summed E-state index contributed by atoms with van der Waals surface area (Å²) in [5.74, 6) is 0.663. The topological polar surface area (TPSA) is 36.4 Å². The van der Waals surface area contributed by atoms with Gasteiger partial charge in [-0.1, -0.05) is 60.3 Å². The molecule has 0 saturated carbocycles. The second kappa shape index (κ2) is 8.55. The summed E-state index contributed by atoms with van der Waals surface area (Å²) in [7, 11) is 0. The molecule has 1 amide bonds. The summed E-state index contributed by atoms with van der Waals surface area (Å²) in [5.41, 5.74) is 1.36. The molecule has 1 aliphatic rings. The van der Waals surface area contributed by atoms with Crippen LogP contribution in [-0.2, 0) is 11.3 Å². The molecule has 4 rings (SSSR count). The molecule has 0 spiro atoms. The average Bonchev–Trinajstić information content (AvgIpc) is 2.74. The average molecular weight is 378 g/mol. The molecule has 2 aromatic carbocycles. The fourth-order valence-electron chi connectivity index (χ4n) is 3.49. The number of carbonyl (C=O) groups is 1. The number of nitrogens with zero attached hydrogens (tertiary/aromatic N) is 3. The van der Waals surface area contributed by atoms with E-state index in [4.69, 9.17) is 0 Å². The molecule has 1 aromatic heterocycles. The molecule has 2 heterocycles. The zero-order valence-corrected chi connectivity index (χ0v) is 16.1. The number of piperazine rings is 1. The third kappa shape index (κ3) is 4.49. The number of thioether (sulfide) groups is 1. The van der Waals surface area contributed by atoms with Gasteiger partial charge >= 0.3 is 0 Å². The normalized spacial score (nSPS) is 15.2. The number of pyridine rings is 1. The van der Waals surface area contributed by atoms with E-state index in [0.717, 1.165) is 37.7 Å². The highest BCUT2D eigenvalue weighted by molar-refractivity contribution is 7.99. The van der Waals surface area contributed by atoms with Gasteiger partial charge in [-0.15, -0.1) is 0 Å². The van der Waals surface area contributed by atoms with E-state index in [2.05, 4.69) is 52.3 Å². The van der Waals surface area contributed by atoms with E-state index >= 15 is 0 Å². The van der Waals surface area contributed by atoms with E-state index in [-0.39, 0.29) is 5.91 Å². The summed E-state index contributed by atoms with van der Waals surface area (Å²) in [6, 6.07) is 20.8. The Labute approximate surface area is 164 Å². The lowest BCUT2D eigenvalue weighted by molar-refractivity contribution is -0.130. The molecular weight excluding hydrogens is 354 g/mol. The molecule has 27 heavy (non-hydrogen) atoms. The lowest BCUT2D eigenvalue weighted by Crippen LogP contribution is -2.48. The van der Waals surface area contributed by atoms with Crippen molar-refractivity contribution in [3.05, 3.63) is 72.4 Å². The Kier molecular flexibility index (Phi) is 5.70. The Morgan fingerprint density at radius 2 is 1.70 bits per heavy atom. The van der Waals surface area contributed by atoms with Gasteiger partial charge < -0.3 is 4.90 Å². The second-order valence-electron chi connectivity index (χ2n) is 6.75. The van der Waals surface area contributed by atoms with Crippen LogP contribution in [0.4, 0.5) is 0 Å². The van der Waals surface area contributed by atoms with Gasteiger partial charge in [-0.2, -0.15) is 0 Å². The van der Waals surface area contributed by atoms with Crippen molar-refractivity contribution in [2.45, 2.75) is 11.6 Å². The highest BCUT2D eigenvalue weighted by atomic mass is 32.2. The molecular formula is C22H23N3OS. The van der Waals surface area contributed by atoms with Crippen molar-refractivity contribution in [1.29, 1.82) is 0 Å². The fourth-order valence-corrected chi connectivity index (χ4v) is 4.25. The smallest absolute Gasteiger partial charge is 0.233 e. The largest absolute Gasteiger partial charge is 0.339 e. The zero-order chi connectivity index (χ0) is 18.5. The molecule has 0 atom stereocenters. The Bertz CT molecular complexity index is 902. The maximum absolute atomic E-state index is 12.5. The van der Waals surface area contributed by atoms with Crippen molar-refractivity contribution in [2.75, 3.05) is 31.9 Å². The third-order valence-electron chi connectivity index (χ3n) is 4.98. The molecule has 1 fully saturated rings. The van der Waals surface area contributed by atoms with E-state index in [0.29, 0.717) is 5.75 Å². The number of amides is 1. The first-order chi connectivity index (χ1) is 13.3. The first kappa shape index (κ1) is 18.0. The molecule has 3 aromatic rings. The van der Waals surface area contributed by atoms with Gasteiger partial charge in [-0.05, 0) is 28.5 Å². The summed E-state index contributed by atoms with van der Waals surface area (Å²) >= 11 is 1.51. The van der Waals surface area contributed by atoms with Crippen LogP contribution in [-0.4, -0.2) is 52.6 Å². The molecule has 0 N–H and O–H groups in total. The summed E-state index contributed by atoms with van der Waals surface area (Å²) in [6.45, 7) is 4.37. The standard InChI is InChI=1S/C22H23N3OS/c26-22(17-27-21-10-3-4-11-23-21)25-14-12-24(13-15-25)16-19-8-5-7-18-6-1-2-9-20(18)19/h1-11H,12-17H2. The Balaban J connectivity index is 1.30. The van der Waals surface area contributed by atoms with Crippen molar-refractivity contribution < 1.29 is 4.79 Å². The van der Waals surface area contributed by atoms with Crippen molar-refractivity contribution in [1.82, 2.24) is 14.8 Å². The predicted octanol–water partition coefficient (Wildman–Crippen LogP) is 3.67. The number of rotatable bonds is 5. The number of hydrogen-bond donors (Lipinski definition) is 0. The fraction of sp³-hybridized carbons (Fsp3) is 0.273. The van der Waals surface area contributed by atoms with Gasteiger partial charge in [0, 0.05) is 38.9 Å². The Hall–Kier alpha value is -2.37. The van der Waals surface area contributed by atoms with Crippen LogP contribution in [0.2, 0.25) is 0 Å². The van der Waals surface area contributed by atoms with Crippen molar-refractivity contribution >= 4 is 28.4 Å². The highest BCUT2D eigenvalue weighted by Crippen LogP contribution is 2.21. The number of hydrogen-bond acceptors (Lipinski definition) is 4. The van der Waals surface area contributed by atoms with Crippen LogP contribution in [0.5, 0.6) is 0 Å². The summed E-state index contributed by atoms with van der Waals surface area (Å²) < 4.78 is 0. The molecule has 0 aliphatic carbocycles. The van der Waals surface area contributed by atoms with Crippen LogP contribution >= 0.6 is 11.8 Å². The zero-order valence-electron chi connectivity index (χ0n) is 15.3. The monoisotopic (exact) mass is 377 g/mol. The molecule has 5 heteroatoms. The highest BCUT2D eigenvalue weighted by Gasteiger charge is 2.21. The van der Waals surface area contributed by atoms with Crippen molar-refractivity contribution in [2.24, 2.45) is 0 Å². The van der Waals surface area contributed by atoms with E-state index in [1.54, 1.807) is 6.20 Å². The Morgan fingerprint density at radius 1 is 0.926 bits per heavy atom. The van der Waals surface area contributed by atoms with Crippen LogP contribution in [0.15, 0.2) is 71.9 Å². The number of fused-ring (bicyclic) bond motifs is 1. The third-order valence-corrected chi connectivity index (χ3v) is 5.91. The SMILES string of the molecule is O=C(CSc1ccccn1)N1CCN(Cc2cccc3ccccc23)CC1. The van der Waals surface area contributed by atoms with E-state index in [1.165, 1.54) is 28.1 Å². The van der Waals surface area contributed by atoms with Gasteiger partial charge in [0.2, 0.25) is 5.91 Å². The molecule has 0 radical (unpaired) electrons. The van der Waals surface area contributed by atoms with Crippen LogP contribution in [0.1, 0.15) is 5.56 Å². The van der Waals surface area contributed by atoms with Gasteiger partial charge in [0.1, 0.15) is 0 Å². The first-order valence-electron chi connectivity index (χ1n) is 9.30. The first-order valence-corrected chi connectivity index (χ1v) is 10.3. The molecule has 1 aliphatic heterocycles. The van der Waals surface area contributed by atoms with E-state index in [1.807, 2.05) is 23.1 Å². The van der Waals surface area contributed by atoms with Crippen LogP contribution in [0.25, 0.3) is 10.8 Å². The molecule has 4 nitrogen and oxygen atoms in total. The van der Waals surface area contributed by atoms with Crippen molar-refractivity contribution in [3.8, 4) is 0 Å². The number of benzene rings is 2. The van der Waals surface area contributed by atoms with Crippen molar-refractivity contribution in [3.63, 3.8) is 0 Å². The lowest BCUT2D eigenvalue weighted by atomic mass is 10.0. The summed E-state index contributed by atoms with van der Waals surface area (Å²) in [4.78, 5) is 21.2. The minimum Gasteiger partial charge on any atom is -0.339 e. The van der Waals surface area contributed by atoms with Crippen LogP contribution in [0.3, 0.4) is 0 Å². The lowest BCUT2D eigenvalue weighted by Gasteiger charge is -2.35. The van der Waals surface area contributed by atoms with Crippen LogP contribution in [0, 0.1) is 0 Å². The molecule has 0 bridgehead atoms.